The van der Waals surface area contributed by atoms with Crippen molar-refractivity contribution in [3.63, 3.8) is 0 Å². The first-order valence-corrected chi connectivity index (χ1v) is 7.27. The second-order valence-electron chi connectivity index (χ2n) is 5.28. The minimum Gasteiger partial charge on any atom is -0.379 e. The predicted molar refractivity (Wildman–Crippen MR) is 79.9 cm³/mol. The van der Waals surface area contributed by atoms with Gasteiger partial charge in [0.1, 0.15) is 0 Å². The normalized spacial score (nSPS) is 23.6. The molecule has 1 aromatic rings. The van der Waals surface area contributed by atoms with Crippen LogP contribution in [0.15, 0.2) is 24.3 Å². The summed E-state index contributed by atoms with van der Waals surface area (Å²) in [7, 11) is 1.86. The number of likely N-dealkylation sites (N-methyl/N-ethyl adjacent to an activating group) is 1. The molecule has 1 aliphatic heterocycles. The summed E-state index contributed by atoms with van der Waals surface area (Å²) in [5.74, 6) is -0.0572. The van der Waals surface area contributed by atoms with Gasteiger partial charge < -0.3 is 15.4 Å². The first-order chi connectivity index (χ1) is 9.60. The van der Waals surface area contributed by atoms with Crippen LogP contribution >= 0.6 is 11.6 Å². The van der Waals surface area contributed by atoms with Crippen LogP contribution in [-0.2, 0) is 16.0 Å². The van der Waals surface area contributed by atoms with E-state index in [-0.39, 0.29) is 23.9 Å². The van der Waals surface area contributed by atoms with E-state index in [0.29, 0.717) is 13.2 Å². The zero-order valence-corrected chi connectivity index (χ0v) is 12.6. The van der Waals surface area contributed by atoms with Crippen molar-refractivity contribution in [2.75, 3.05) is 20.3 Å². The van der Waals surface area contributed by atoms with Crippen molar-refractivity contribution >= 4 is 17.5 Å². The lowest BCUT2D eigenvalue weighted by molar-refractivity contribution is -0.126. The van der Waals surface area contributed by atoms with Gasteiger partial charge in [-0.05, 0) is 38.1 Å². The first-order valence-electron chi connectivity index (χ1n) is 6.90. The minimum atomic E-state index is -0.109. The highest BCUT2D eigenvalue weighted by Gasteiger charge is 2.33. The monoisotopic (exact) mass is 296 g/mol. The highest BCUT2D eigenvalue weighted by atomic mass is 35.5. The minimum absolute atomic E-state index is 0.0522. The van der Waals surface area contributed by atoms with E-state index in [4.69, 9.17) is 16.3 Å². The molecule has 0 radical (unpaired) electrons. The van der Waals surface area contributed by atoms with Gasteiger partial charge in [-0.2, -0.15) is 0 Å². The molecule has 3 unspecified atom stereocenters. The van der Waals surface area contributed by atoms with Gasteiger partial charge in [0.05, 0.1) is 19.1 Å². The quantitative estimate of drug-likeness (QED) is 0.868. The maximum atomic E-state index is 12.2. The van der Waals surface area contributed by atoms with Crippen LogP contribution in [0.4, 0.5) is 0 Å². The second-order valence-corrected chi connectivity index (χ2v) is 5.72. The third kappa shape index (κ3) is 3.95. The van der Waals surface area contributed by atoms with Crippen molar-refractivity contribution in [1.82, 2.24) is 10.6 Å². The Bertz CT molecular complexity index is 467. The lowest BCUT2D eigenvalue weighted by Gasteiger charge is -2.20. The molecule has 1 fully saturated rings. The largest absolute Gasteiger partial charge is 0.379 e. The van der Waals surface area contributed by atoms with Gasteiger partial charge >= 0.3 is 0 Å². The molecule has 2 rings (SSSR count). The first kappa shape index (κ1) is 15.3. The van der Waals surface area contributed by atoms with Crippen molar-refractivity contribution in [3.8, 4) is 0 Å². The molecule has 2 N–H and O–H groups in total. The molecule has 1 aromatic carbocycles. The number of benzene rings is 1. The summed E-state index contributed by atoms with van der Waals surface area (Å²) >= 11 is 5.96. The van der Waals surface area contributed by atoms with Gasteiger partial charge in [-0.25, -0.2) is 0 Å². The molecule has 0 spiro atoms. The Morgan fingerprint density at radius 1 is 1.50 bits per heavy atom. The summed E-state index contributed by atoms with van der Waals surface area (Å²) in [6, 6.07) is 7.89. The van der Waals surface area contributed by atoms with E-state index in [2.05, 4.69) is 10.6 Å². The van der Waals surface area contributed by atoms with Crippen LogP contribution in [0.2, 0.25) is 5.02 Å². The van der Waals surface area contributed by atoms with Gasteiger partial charge in [-0.15, -0.1) is 0 Å². The highest BCUT2D eigenvalue weighted by molar-refractivity contribution is 6.30. The zero-order chi connectivity index (χ0) is 14.5. The fourth-order valence-corrected chi connectivity index (χ4v) is 2.73. The molecular formula is C15H21ClN2O2. The molecule has 1 aliphatic rings. The molecule has 1 saturated heterocycles. The van der Waals surface area contributed by atoms with Crippen molar-refractivity contribution in [3.05, 3.63) is 34.9 Å². The molecular weight excluding hydrogens is 276 g/mol. The Morgan fingerprint density at radius 3 is 3.00 bits per heavy atom. The molecule has 3 atom stereocenters. The van der Waals surface area contributed by atoms with Gasteiger partial charge in [-0.1, -0.05) is 23.7 Å². The van der Waals surface area contributed by atoms with Gasteiger partial charge in [0.2, 0.25) is 5.91 Å². The van der Waals surface area contributed by atoms with Crippen LogP contribution in [-0.4, -0.2) is 38.3 Å². The number of halogens is 1. The Hall–Kier alpha value is -1.10. The average Bonchev–Trinajstić information content (AvgIpc) is 2.86. The summed E-state index contributed by atoms with van der Waals surface area (Å²) in [5, 5.41) is 6.90. The lowest BCUT2D eigenvalue weighted by Crippen LogP contribution is -2.45. The van der Waals surface area contributed by atoms with Crippen LogP contribution in [0.3, 0.4) is 0 Å². The number of ether oxygens (including phenoxy) is 1. The Morgan fingerprint density at radius 2 is 2.30 bits per heavy atom. The van der Waals surface area contributed by atoms with E-state index in [1.165, 1.54) is 0 Å². The molecule has 110 valence electrons. The number of carbonyl (C=O) groups excluding carboxylic acids is 1. The molecule has 0 aromatic heterocycles. The van der Waals surface area contributed by atoms with Crippen molar-refractivity contribution in [1.29, 1.82) is 0 Å². The predicted octanol–water partition coefficient (Wildman–Crippen LogP) is 1.62. The molecule has 0 aliphatic carbocycles. The maximum absolute atomic E-state index is 12.2. The number of hydrogen-bond acceptors (Lipinski definition) is 3. The number of rotatable bonds is 5. The number of amides is 1. The third-order valence-electron chi connectivity index (χ3n) is 3.61. The van der Waals surface area contributed by atoms with E-state index in [1.54, 1.807) is 0 Å². The van der Waals surface area contributed by atoms with Crippen LogP contribution in [0.25, 0.3) is 0 Å². The van der Waals surface area contributed by atoms with Gasteiger partial charge in [0.25, 0.3) is 0 Å². The summed E-state index contributed by atoms with van der Waals surface area (Å²) in [4.78, 5) is 12.2. The van der Waals surface area contributed by atoms with Crippen molar-refractivity contribution in [2.45, 2.75) is 25.4 Å². The van der Waals surface area contributed by atoms with E-state index in [1.807, 2.05) is 38.2 Å². The van der Waals surface area contributed by atoms with Crippen LogP contribution < -0.4 is 10.6 Å². The Balaban J connectivity index is 1.88. The number of carbonyl (C=O) groups is 1. The third-order valence-corrected chi connectivity index (χ3v) is 3.84. The molecule has 0 bridgehead atoms. The smallest absolute Gasteiger partial charge is 0.227 e. The highest BCUT2D eigenvalue weighted by Crippen LogP contribution is 2.15. The average molecular weight is 297 g/mol. The van der Waals surface area contributed by atoms with Crippen molar-refractivity contribution < 1.29 is 9.53 Å². The fourth-order valence-electron chi connectivity index (χ4n) is 2.52. The van der Waals surface area contributed by atoms with E-state index >= 15 is 0 Å². The summed E-state index contributed by atoms with van der Waals surface area (Å²) in [6.45, 7) is 3.08. The summed E-state index contributed by atoms with van der Waals surface area (Å²) in [5.41, 5.74) is 1.12. The molecule has 0 saturated carbocycles. The number of hydrogen-bond donors (Lipinski definition) is 2. The van der Waals surface area contributed by atoms with Crippen LogP contribution in [0.5, 0.6) is 0 Å². The van der Waals surface area contributed by atoms with Gasteiger partial charge in [0.15, 0.2) is 0 Å². The molecule has 5 heteroatoms. The summed E-state index contributed by atoms with van der Waals surface area (Å²) < 4.78 is 5.36. The topological polar surface area (TPSA) is 50.4 Å². The second kappa shape index (κ2) is 7.07. The Kier molecular flexibility index (Phi) is 5.40. The van der Waals surface area contributed by atoms with Crippen molar-refractivity contribution in [2.24, 2.45) is 5.92 Å². The van der Waals surface area contributed by atoms with E-state index < -0.39 is 0 Å². The van der Waals surface area contributed by atoms with Gasteiger partial charge in [-0.3, -0.25) is 4.79 Å². The van der Waals surface area contributed by atoms with Gasteiger partial charge in [0, 0.05) is 17.1 Å². The molecule has 4 nitrogen and oxygen atoms in total. The fraction of sp³-hybridized carbons (Fsp3) is 0.533. The SMILES string of the molecule is CNC1COCC1C(=O)NC(C)Cc1cccc(Cl)c1. The lowest BCUT2D eigenvalue weighted by atomic mass is 10.0. The summed E-state index contributed by atoms with van der Waals surface area (Å²) in [6.07, 6.45) is 0.768. The zero-order valence-electron chi connectivity index (χ0n) is 11.9. The van der Waals surface area contributed by atoms with E-state index in [9.17, 15) is 4.79 Å². The van der Waals surface area contributed by atoms with E-state index in [0.717, 1.165) is 17.0 Å². The standard InChI is InChI=1S/C15H21ClN2O2/c1-10(6-11-4-3-5-12(16)7-11)18-15(19)13-8-20-9-14(13)17-2/h3-5,7,10,13-14,17H,6,8-9H2,1-2H3,(H,18,19). The number of nitrogens with one attached hydrogen (secondary N) is 2. The maximum Gasteiger partial charge on any atom is 0.227 e. The van der Waals surface area contributed by atoms with Crippen LogP contribution in [0.1, 0.15) is 12.5 Å². The van der Waals surface area contributed by atoms with Crippen LogP contribution in [0, 0.1) is 5.92 Å². The Labute approximate surface area is 124 Å². The molecule has 20 heavy (non-hydrogen) atoms. The molecule has 1 amide bonds. The molecule has 1 heterocycles.